The highest BCUT2D eigenvalue weighted by molar-refractivity contribution is 6.24. The lowest BCUT2D eigenvalue weighted by atomic mass is 10.0. The molecular weight excluding hydrogens is 510 g/mol. The Balaban J connectivity index is 1.25. The maximum atomic E-state index is 9.38. The SMILES string of the molecule is N#Cc1ccc(N(c2ccc(-c3ccccc3)cc2)c2ccc(-n3c4cccc5ccc6cccc3c6c54)cc2)cc1. The number of aromatic nitrogens is 1. The third-order valence-corrected chi connectivity index (χ3v) is 8.18. The lowest BCUT2D eigenvalue weighted by Gasteiger charge is -2.26. The second kappa shape index (κ2) is 9.66. The van der Waals surface area contributed by atoms with E-state index in [0.29, 0.717) is 5.56 Å². The predicted octanol–water partition coefficient (Wildman–Crippen LogP) is 10.4. The van der Waals surface area contributed by atoms with Crippen LogP contribution in [0.5, 0.6) is 0 Å². The largest absolute Gasteiger partial charge is 0.311 e. The molecule has 0 bridgehead atoms. The normalized spacial score (nSPS) is 11.3. The molecule has 0 saturated carbocycles. The van der Waals surface area contributed by atoms with Crippen molar-refractivity contribution in [3.05, 3.63) is 157 Å². The van der Waals surface area contributed by atoms with Gasteiger partial charge < -0.3 is 9.47 Å². The van der Waals surface area contributed by atoms with Gasteiger partial charge in [0.2, 0.25) is 0 Å². The van der Waals surface area contributed by atoms with Crippen LogP contribution in [0.4, 0.5) is 17.1 Å². The molecule has 0 fully saturated rings. The molecule has 0 unspecified atom stereocenters. The van der Waals surface area contributed by atoms with Crippen molar-refractivity contribution in [2.75, 3.05) is 4.90 Å². The van der Waals surface area contributed by atoms with Crippen molar-refractivity contribution in [1.82, 2.24) is 4.57 Å². The zero-order valence-electron chi connectivity index (χ0n) is 22.8. The van der Waals surface area contributed by atoms with Crippen LogP contribution in [0.2, 0.25) is 0 Å². The Kier molecular flexibility index (Phi) is 5.52. The van der Waals surface area contributed by atoms with E-state index in [2.05, 4.69) is 137 Å². The summed E-state index contributed by atoms with van der Waals surface area (Å²) < 4.78 is 2.37. The van der Waals surface area contributed by atoms with Gasteiger partial charge in [-0.25, -0.2) is 0 Å². The second-order valence-electron chi connectivity index (χ2n) is 10.6. The summed E-state index contributed by atoms with van der Waals surface area (Å²) in [6, 6.07) is 55.4. The fourth-order valence-electron chi connectivity index (χ4n) is 6.21. The Morgan fingerprint density at radius 2 is 0.952 bits per heavy atom. The minimum absolute atomic E-state index is 0.644. The summed E-state index contributed by atoms with van der Waals surface area (Å²) in [5.74, 6) is 0. The van der Waals surface area contributed by atoms with E-state index >= 15 is 0 Å². The average molecular weight is 536 g/mol. The molecule has 196 valence electrons. The van der Waals surface area contributed by atoms with Crippen LogP contribution in [0.3, 0.4) is 0 Å². The molecule has 42 heavy (non-hydrogen) atoms. The first-order chi connectivity index (χ1) is 20.8. The summed E-state index contributed by atoms with van der Waals surface area (Å²) in [6.45, 7) is 0. The van der Waals surface area contributed by atoms with Gasteiger partial charge in [0.15, 0.2) is 0 Å². The van der Waals surface area contributed by atoms with E-state index < -0.39 is 0 Å². The van der Waals surface area contributed by atoms with E-state index in [4.69, 9.17) is 0 Å². The van der Waals surface area contributed by atoms with Gasteiger partial charge in [-0.05, 0) is 94.7 Å². The van der Waals surface area contributed by atoms with Crippen LogP contribution in [0.15, 0.2) is 152 Å². The molecule has 0 aliphatic carbocycles. The van der Waals surface area contributed by atoms with Crippen LogP contribution in [0, 0.1) is 11.3 Å². The molecule has 0 aliphatic heterocycles. The summed E-state index contributed by atoms with van der Waals surface area (Å²) >= 11 is 0. The molecule has 0 aliphatic rings. The van der Waals surface area contributed by atoms with E-state index in [1.807, 2.05) is 30.3 Å². The molecule has 3 heteroatoms. The average Bonchev–Trinajstić information content (AvgIpc) is 3.41. The van der Waals surface area contributed by atoms with Gasteiger partial charge in [0, 0.05) is 33.5 Å². The number of nitriles is 1. The van der Waals surface area contributed by atoms with Gasteiger partial charge in [-0.15, -0.1) is 0 Å². The minimum Gasteiger partial charge on any atom is -0.311 e. The number of benzene rings is 7. The standard InChI is InChI=1S/C39H25N3/c40-26-27-12-18-32(19-13-27)41(33-20-16-29(17-21-33)28-6-2-1-3-7-28)34-22-24-35(25-23-34)42-36-10-4-8-30-14-15-31-9-5-11-37(42)39(31)38(30)36/h1-25H. The monoisotopic (exact) mass is 535 g/mol. The first kappa shape index (κ1) is 24.0. The van der Waals surface area contributed by atoms with Crippen LogP contribution in [-0.2, 0) is 0 Å². The minimum atomic E-state index is 0.644. The summed E-state index contributed by atoms with van der Waals surface area (Å²) in [7, 11) is 0. The summed E-state index contributed by atoms with van der Waals surface area (Å²) in [5.41, 5.74) is 9.65. The Morgan fingerprint density at radius 3 is 1.50 bits per heavy atom. The van der Waals surface area contributed by atoms with E-state index in [1.54, 1.807) is 0 Å². The number of hydrogen-bond acceptors (Lipinski definition) is 2. The van der Waals surface area contributed by atoms with E-state index in [9.17, 15) is 5.26 Å². The zero-order valence-corrected chi connectivity index (χ0v) is 22.8. The molecule has 8 aromatic rings. The summed E-state index contributed by atoms with van der Waals surface area (Å²) in [6.07, 6.45) is 0. The Morgan fingerprint density at radius 1 is 0.452 bits per heavy atom. The number of hydrogen-bond donors (Lipinski definition) is 0. The van der Waals surface area contributed by atoms with Crippen LogP contribution in [-0.4, -0.2) is 4.57 Å². The van der Waals surface area contributed by atoms with Crippen molar-refractivity contribution in [3.8, 4) is 22.9 Å². The summed E-state index contributed by atoms with van der Waals surface area (Å²) in [5, 5.41) is 14.5. The molecule has 0 atom stereocenters. The third kappa shape index (κ3) is 3.82. The fraction of sp³-hybridized carbons (Fsp3) is 0. The topological polar surface area (TPSA) is 32.0 Å². The van der Waals surface area contributed by atoms with Crippen molar-refractivity contribution < 1.29 is 0 Å². The van der Waals surface area contributed by atoms with Crippen LogP contribution < -0.4 is 4.90 Å². The maximum Gasteiger partial charge on any atom is 0.0991 e. The van der Waals surface area contributed by atoms with Gasteiger partial charge in [0.1, 0.15) is 0 Å². The quantitative estimate of drug-likeness (QED) is 0.205. The van der Waals surface area contributed by atoms with Crippen LogP contribution in [0.25, 0.3) is 49.4 Å². The number of rotatable bonds is 5. The molecule has 1 heterocycles. The lowest BCUT2D eigenvalue weighted by molar-refractivity contribution is 1.17. The Bertz CT molecular complexity index is 2150. The molecule has 8 rings (SSSR count). The lowest BCUT2D eigenvalue weighted by Crippen LogP contribution is -2.10. The van der Waals surface area contributed by atoms with Crippen molar-refractivity contribution in [2.24, 2.45) is 0 Å². The first-order valence-electron chi connectivity index (χ1n) is 14.1. The van der Waals surface area contributed by atoms with Gasteiger partial charge in [0.05, 0.1) is 22.7 Å². The Hall–Kier alpha value is -5.85. The van der Waals surface area contributed by atoms with Crippen molar-refractivity contribution in [2.45, 2.75) is 0 Å². The Labute approximate surface area is 244 Å². The molecular formula is C39H25N3. The van der Waals surface area contributed by atoms with E-state index in [-0.39, 0.29) is 0 Å². The van der Waals surface area contributed by atoms with Crippen molar-refractivity contribution in [1.29, 1.82) is 5.26 Å². The van der Waals surface area contributed by atoms with Gasteiger partial charge in [-0.1, -0.05) is 78.9 Å². The second-order valence-corrected chi connectivity index (χ2v) is 10.6. The predicted molar refractivity (Wildman–Crippen MR) is 174 cm³/mol. The van der Waals surface area contributed by atoms with Crippen molar-refractivity contribution >= 4 is 49.6 Å². The highest BCUT2D eigenvalue weighted by Gasteiger charge is 2.17. The molecule has 1 aromatic heterocycles. The molecule has 0 spiro atoms. The first-order valence-corrected chi connectivity index (χ1v) is 14.1. The van der Waals surface area contributed by atoms with Gasteiger partial charge in [-0.2, -0.15) is 5.26 Å². The van der Waals surface area contributed by atoms with Crippen LogP contribution >= 0.6 is 0 Å². The maximum absolute atomic E-state index is 9.38. The molecule has 7 aromatic carbocycles. The highest BCUT2D eigenvalue weighted by atomic mass is 15.1. The third-order valence-electron chi connectivity index (χ3n) is 8.18. The van der Waals surface area contributed by atoms with Crippen LogP contribution in [0.1, 0.15) is 5.56 Å². The highest BCUT2D eigenvalue weighted by Crippen LogP contribution is 2.40. The molecule has 0 amide bonds. The molecule has 3 nitrogen and oxygen atoms in total. The van der Waals surface area contributed by atoms with Gasteiger partial charge >= 0.3 is 0 Å². The number of nitrogens with zero attached hydrogens (tertiary/aromatic N) is 3. The molecule has 0 saturated heterocycles. The fourth-order valence-corrected chi connectivity index (χ4v) is 6.21. The van der Waals surface area contributed by atoms with E-state index in [1.165, 1.54) is 43.7 Å². The van der Waals surface area contributed by atoms with E-state index in [0.717, 1.165) is 22.7 Å². The van der Waals surface area contributed by atoms with Gasteiger partial charge in [0.25, 0.3) is 0 Å². The smallest absolute Gasteiger partial charge is 0.0991 e. The molecule has 0 radical (unpaired) electrons. The van der Waals surface area contributed by atoms with Crippen molar-refractivity contribution in [3.63, 3.8) is 0 Å². The zero-order chi connectivity index (χ0) is 28.0. The summed E-state index contributed by atoms with van der Waals surface area (Å²) in [4.78, 5) is 2.24. The number of anilines is 3. The van der Waals surface area contributed by atoms with Gasteiger partial charge in [-0.3, -0.25) is 0 Å². The molecule has 0 N–H and O–H groups in total.